The number of carbonyl (C=O) groups is 2. The molecule has 0 unspecified atom stereocenters. The first-order chi connectivity index (χ1) is 11.5. The summed E-state index contributed by atoms with van der Waals surface area (Å²) in [6, 6.07) is 8.05. The molecule has 1 saturated carbocycles. The van der Waals surface area contributed by atoms with E-state index in [-0.39, 0.29) is 23.9 Å². The molecule has 2 fully saturated rings. The van der Waals surface area contributed by atoms with E-state index in [0.29, 0.717) is 19.0 Å². The molecule has 1 heterocycles. The van der Waals surface area contributed by atoms with E-state index in [1.165, 1.54) is 0 Å². The van der Waals surface area contributed by atoms with Crippen LogP contribution in [0.3, 0.4) is 0 Å². The van der Waals surface area contributed by atoms with Gasteiger partial charge >= 0.3 is 6.03 Å². The molecule has 3 amide bonds. The molecule has 0 spiro atoms. The molecule has 1 N–H and O–H groups in total. The minimum atomic E-state index is 0.00343. The maximum atomic E-state index is 12.5. The second kappa shape index (κ2) is 7.01. The molecule has 1 aliphatic carbocycles. The molecule has 0 aromatic heterocycles. The summed E-state index contributed by atoms with van der Waals surface area (Å²) in [4.78, 5) is 27.8. The summed E-state index contributed by atoms with van der Waals surface area (Å²) >= 11 is 6.23. The SMILES string of the molecule is CN(C)C(=O)N1CCC(C(=O)N[C@H]2C[C@H]2c2ccccc2Cl)CC1. The lowest BCUT2D eigenvalue weighted by atomic mass is 9.96. The van der Waals surface area contributed by atoms with Crippen LogP contribution < -0.4 is 5.32 Å². The smallest absolute Gasteiger partial charge is 0.319 e. The normalized spacial score (nSPS) is 23.7. The Morgan fingerprint density at radius 2 is 1.88 bits per heavy atom. The first-order valence-electron chi connectivity index (χ1n) is 8.48. The van der Waals surface area contributed by atoms with Gasteiger partial charge in [-0.3, -0.25) is 4.79 Å². The van der Waals surface area contributed by atoms with Crippen LogP contribution in [-0.2, 0) is 4.79 Å². The lowest BCUT2D eigenvalue weighted by Crippen LogP contribution is -2.46. The summed E-state index contributed by atoms with van der Waals surface area (Å²) in [5.41, 5.74) is 1.12. The maximum Gasteiger partial charge on any atom is 0.319 e. The van der Waals surface area contributed by atoms with Gasteiger partial charge < -0.3 is 15.1 Å². The number of urea groups is 1. The highest BCUT2D eigenvalue weighted by Crippen LogP contribution is 2.43. The van der Waals surface area contributed by atoms with Crippen LogP contribution in [0.1, 0.15) is 30.7 Å². The molecule has 1 aliphatic heterocycles. The number of nitrogens with zero attached hydrogens (tertiary/aromatic N) is 2. The number of likely N-dealkylation sites (tertiary alicyclic amines) is 1. The van der Waals surface area contributed by atoms with Crippen molar-refractivity contribution < 1.29 is 9.59 Å². The van der Waals surface area contributed by atoms with Crippen molar-refractivity contribution in [1.82, 2.24) is 15.1 Å². The molecule has 2 atom stereocenters. The van der Waals surface area contributed by atoms with Gasteiger partial charge in [-0.1, -0.05) is 29.8 Å². The van der Waals surface area contributed by atoms with E-state index in [1.807, 2.05) is 29.2 Å². The number of hydrogen-bond donors (Lipinski definition) is 1. The van der Waals surface area contributed by atoms with Crippen molar-refractivity contribution in [1.29, 1.82) is 0 Å². The molecule has 130 valence electrons. The van der Waals surface area contributed by atoms with Crippen LogP contribution in [-0.4, -0.2) is 55.0 Å². The van der Waals surface area contributed by atoms with Gasteiger partial charge in [-0.25, -0.2) is 4.79 Å². The molecule has 0 radical (unpaired) electrons. The fraction of sp³-hybridized carbons (Fsp3) is 0.556. The van der Waals surface area contributed by atoms with E-state index >= 15 is 0 Å². The Balaban J connectivity index is 1.48. The Hall–Kier alpha value is -1.75. The number of nitrogens with one attached hydrogen (secondary N) is 1. The third kappa shape index (κ3) is 3.66. The largest absolute Gasteiger partial charge is 0.352 e. The molecule has 5 nitrogen and oxygen atoms in total. The minimum Gasteiger partial charge on any atom is -0.352 e. The lowest BCUT2D eigenvalue weighted by Gasteiger charge is -2.33. The zero-order valence-corrected chi connectivity index (χ0v) is 14.9. The van der Waals surface area contributed by atoms with Gasteiger partial charge in [0.2, 0.25) is 5.91 Å². The summed E-state index contributed by atoms with van der Waals surface area (Å²) in [5, 5.41) is 3.93. The van der Waals surface area contributed by atoms with Crippen molar-refractivity contribution in [2.45, 2.75) is 31.2 Å². The predicted octanol–water partition coefficient (Wildman–Crippen LogP) is 2.71. The number of piperidine rings is 1. The topological polar surface area (TPSA) is 52.7 Å². The first-order valence-corrected chi connectivity index (χ1v) is 8.86. The Kier molecular flexibility index (Phi) is 4.99. The van der Waals surface area contributed by atoms with Crippen molar-refractivity contribution in [2.24, 2.45) is 5.92 Å². The van der Waals surface area contributed by atoms with Crippen molar-refractivity contribution in [3.05, 3.63) is 34.9 Å². The molecule has 6 heteroatoms. The van der Waals surface area contributed by atoms with E-state index in [9.17, 15) is 9.59 Å². The van der Waals surface area contributed by atoms with E-state index in [2.05, 4.69) is 5.32 Å². The zero-order chi connectivity index (χ0) is 17.3. The fourth-order valence-corrected chi connectivity index (χ4v) is 3.67. The third-order valence-electron chi connectivity index (χ3n) is 4.94. The van der Waals surface area contributed by atoms with Crippen LogP contribution in [0.15, 0.2) is 24.3 Å². The van der Waals surface area contributed by atoms with Crippen LogP contribution in [0.2, 0.25) is 5.02 Å². The molecular weight excluding hydrogens is 326 g/mol. The van der Waals surface area contributed by atoms with Gasteiger partial charge in [-0.05, 0) is 30.9 Å². The van der Waals surface area contributed by atoms with Gasteiger partial charge in [-0.2, -0.15) is 0 Å². The van der Waals surface area contributed by atoms with E-state index in [4.69, 9.17) is 11.6 Å². The fourth-order valence-electron chi connectivity index (χ4n) is 3.39. The van der Waals surface area contributed by atoms with Crippen LogP contribution in [0.5, 0.6) is 0 Å². The number of rotatable bonds is 3. The number of amides is 3. The van der Waals surface area contributed by atoms with Crippen LogP contribution in [0.25, 0.3) is 0 Å². The highest BCUT2D eigenvalue weighted by molar-refractivity contribution is 6.31. The van der Waals surface area contributed by atoms with E-state index < -0.39 is 0 Å². The maximum absolute atomic E-state index is 12.5. The highest BCUT2D eigenvalue weighted by Gasteiger charge is 2.41. The zero-order valence-electron chi connectivity index (χ0n) is 14.2. The Morgan fingerprint density at radius 1 is 1.21 bits per heavy atom. The van der Waals surface area contributed by atoms with E-state index in [0.717, 1.165) is 29.8 Å². The Morgan fingerprint density at radius 3 is 2.50 bits per heavy atom. The number of benzene rings is 1. The van der Waals surface area contributed by atoms with Gasteiger partial charge in [0.25, 0.3) is 0 Å². The first kappa shape index (κ1) is 17.1. The number of halogens is 1. The standard InChI is InChI=1S/C18H24ClN3O2/c1-21(2)18(24)22-9-7-12(8-10-22)17(23)20-16-11-14(16)13-5-3-4-6-15(13)19/h3-6,12,14,16H,7-11H2,1-2H3,(H,20,23)/t14-,16-/m0/s1. The molecule has 2 aliphatic rings. The average molecular weight is 350 g/mol. The van der Waals surface area contributed by atoms with Crippen molar-refractivity contribution in [2.75, 3.05) is 27.2 Å². The van der Waals surface area contributed by atoms with Gasteiger partial charge in [0.1, 0.15) is 0 Å². The molecule has 24 heavy (non-hydrogen) atoms. The molecule has 3 rings (SSSR count). The molecule has 0 bridgehead atoms. The second-order valence-corrected chi connectivity index (χ2v) is 7.32. The van der Waals surface area contributed by atoms with Gasteiger partial charge in [0.05, 0.1) is 0 Å². The second-order valence-electron chi connectivity index (χ2n) is 6.92. The van der Waals surface area contributed by atoms with Crippen molar-refractivity contribution >= 4 is 23.5 Å². The van der Waals surface area contributed by atoms with Crippen molar-refractivity contribution in [3.63, 3.8) is 0 Å². The molecule has 1 aromatic carbocycles. The summed E-state index contributed by atoms with van der Waals surface area (Å²) in [6.07, 6.45) is 2.41. The van der Waals surface area contributed by atoms with Crippen LogP contribution in [0, 0.1) is 5.92 Å². The summed E-state index contributed by atoms with van der Waals surface area (Å²) in [6.45, 7) is 1.29. The quantitative estimate of drug-likeness (QED) is 0.912. The van der Waals surface area contributed by atoms with Gasteiger partial charge in [0.15, 0.2) is 0 Å². The van der Waals surface area contributed by atoms with E-state index in [1.54, 1.807) is 19.0 Å². The minimum absolute atomic E-state index is 0.00343. The lowest BCUT2D eigenvalue weighted by molar-refractivity contribution is -0.126. The third-order valence-corrected chi connectivity index (χ3v) is 5.29. The summed E-state index contributed by atoms with van der Waals surface area (Å²) in [5.74, 6) is 0.452. The van der Waals surface area contributed by atoms with Crippen LogP contribution >= 0.6 is 11.6 Å². The summed E-state index contributed by atoms with van der Waals surface area (Å²) < 4.78 is 0. The number of hydrogen-bond acceptors (Lipinski definition) is 2. The highest BCUT2D eigenvalue weighted by atomic mass is 35.5. The van der Waals surface area contributed by atoms with Crippen molar-refractivity contribution in [3.8, 4) is 0 Å². The molecular formula is C18H24ClN3O2. The summed E-state index contributed by atoms with van der Waals surface area (Å²) in [7, 11) is 3.51. The van der Waals surface area contributed by atoms with Gasteiger partial charge in [-0.15, -0.1) is 0 Å². The molecule has 1 aromatic rings. The van der Waals surface area contributed by atoms with Gasteiger partial charge in [0, 0.05) is 50.1 Å². The van der Waals surface area contributed by atoms with Crippen LogP contribution in [0.4, 0.5) is 4.79 Å². The predicted molar refractivity (Wildman–Crippen MR) is 94.1 cm³/mol. The Bertz CT molecular complexity index is 626. The average Bonchev–Trinajstić information content (AvgIpc) is 3.33. The number of carbonyl (C=O) groups excluding carboxylic acids is 2. The monoisotopic (exact) mass is 349 g/mol. The molecule has 1 saturated heterocycles. The Labute approximate surface area is 147 Å².